The maximum atomic E-state index is 2.57. The summed E-state index contributed by atoms with van der Waals surface area (Å²) in [4.78, 5) is 2.57. The number of fused-ring (bicyclic) bond motifs is 6. The van der Waals surface area contributed by atoms with Crippen molar-refractivity contribution in [1.29, 1.82) is 0 Å². The minimum Gasteiger partial charge on any atom is -0.309 e. The van der Waals surface area contributed by atoms with Gasteiger partial charge in [-0.3, -0.25) is 0 Å². The number of rotatable bonds is 7. The standard InChI is InChI=1S/C61H41N/c1-3-23-50(24-4-1)61(51-25-5-2-6-26-51)55-29-14-13-28-54(55)60-56(61)30-16-32-58(60)62(57-31-15-22-44-19-11-12-27-52(44)57)59-41-48(47-35-33-42-17-7-9-20-45(42)39-47)37-38-53(59)49-36-34-43-18-8-10-21-46(43)40-49/h1-41H. The first-order valence-electron chi connectivity index (χ1n) is 21.5. The summed E-state index contributed by atoms with van der Waals surface area (Å²) in [5.74, 6) is 0. The lowest BCUT2D eigenvalue weighted by Crippen LogP contribution is -2.28. The normalized spacial score (nSPS) is 12.6. The predicted octanol–water partition coefficient (Wildman–Crippen LogP) is 16.3. The van der Waals surface area contributed by atoms with Crippen LogP contribution >= 0.6 is 0 Å². The van der Waals surface area contributed by atoms with Crippen molar-refractivity contribution >= 4 is 49.4 Å². The van der Waals surface area contributed by atoms with Crippen molar-refractivity contribution in [2.75, 3.05) is 4.90 Å². The smallest absolute Gasteiger partial charge is 0.0714 e. The highest BCUT2D eigenvalue weighted by atomic mass is 15.2. The van der Waals surface area contributed by atoms with Gasteiger partial charge in [-0.15, -0.1) is 0 Å². The first kappa shape index (κ1) is 35.9. The van der Waals surface area contributed by atoms with Crippen LogP contribution in [-0.2, 0) is 5.41 Å². The second-order valence-corrected chi connectivity index (χ2v) is 16.4. The number of anilines is 3. The Morgan fingerprint density at radius 2 is 0.774 bits per heavy atom. The fraction of sp³-hybridized carbons (Fsp3) is 0.0164. The SMILES string of the molecule is c1ccc(C2(c3ccccc3)c3ccccc3-c3c(N(c4cc(-c5ccc6ccccc6c5)ccc4-c4ccc5ccccc5c4)c4cccc5ccccc45)cccc32)cc1. The van der Waals surface area contributed by atoms with Crippen molar-refractivity contribution in [1.82, 2.24) is 0 Å². The van der Waals surface area contributed by atoms with Crippen LogP contribution in [0.3, 0.4) is 0 Å². The fourth-order valence-electron chi connectivity index (χ4n) is 10.3. The van der Waals surface area contributed by atoms with Crippen LogP contribution in [0.5, 0.6) is 0 Å². The average molecular weight is 788 g/mol. The number of hydrogen-bond acceptors (Lipinski definition) is 1. The summed E-state index contributed by atoms with van der Waals surface area (Å²) >= 11 is 0. The Morgan fingerprint density at radius 1 is 0.274 bits per heavy atom. The van der Waals surface area contributed by atoms with Gasteiger partial charge in [-0.05, 0) is 102 Å². The molecule has 0 fully saturated rings. The minimum absolute atomic E-state index is 0.539. The van der Waals surface area contributed by atoms with E-state index in [9.17, 15) is 0 Å². The molecular weight excluding hydrogens is 747 g/mol. The van der Waals surface area contributed by atoms with Crippen molar-refractivity contribution in [2.24, 2.45) is 0 Å². The molecule has 11 aromatic carbocycles. The number of hydrogen-bond donors (Lipinski definition) is 0. The molecule has 0 aromatic heterocycles. The van der Waals surface area contributed by atoms with Gasteiger partial charge in [0.05, 0.1) is 22.5 Å². The molecule has 0 saturated heterocycles. The van der Waals surface area contributed by atoms with Crippen LogP contribution in [-0.4, -0.2) is 0 Å². The molecule has 11 aromatic rings. The molecule has 290 valence electrons. The van der Waals surface area contributed by atoms with E-state index in [-0.39, 0.29) is 0 Å². The van der Waals surface area contributed by atoms with Gasteiger partial charge in [0.1, 0.15) is 0 Å². The van der Waals surface area contributed by atoms with Crippen molar-refractivity contribution in [3.05, 3.63) is 271 Å². The summed E-state index contributed by atoms with van der Waals surface area (Å²) in [5.41, 5.74) is 15.1. The third-order valence-corrected chi connectivity index (χ3v) is 13.1. The zero-order valence-electron chi connectivity index (χ0n) is 34.1. The largest absolute Gasteiger partial charge is 0.309 e. The molecule has 1 aliphatic rings. The van der Waals surface area contributed by atoms with E-state index in [1.165, 1.54) is 76.8 Å². The van der Waals surface area contributed by atoms with E-state index in [1.807, 2.05) is 0 Å². The van der Waals surface area contributed by atoms with E-state index in [1.54, 1.807) is 0 Å². The highest BCUT2D eigenvalue weighted by molar-refractivity contribution is 6.06. The van der Waals surface area contributed by atoms with Gasteiger partial charge in [-0.1, -0.05) is 218 Å². The van der Waals surface area contributed by atoms with E-state index in [2.05, 4.69) is 254 Å². The third kappa shape index (κ3) is 5.63. The van der Waals surface area contributed by atoms with Crippen molar-refractivity contribution in [3.63, 3.8) is 0 Å². The highest BCUT2D eigenvalue weighted by Crippen LogP contribution is 2.60. The molecule has 0 spiro atoms. The van der Waals surface area contributed by atoms with Crippen molar-refractivity contribution in [3.8, 4) is 33.4 Å². The molecule has 62 heavy (non-hydrogen) atoms. The Morgan fingerprint density at radius 3 is 1.50 bits per heavy atom. The molecule has 0 N–H and O–H groups in total. The van der Waals surface area contributed by atoms with Gasteiger partial charge in [0, 0.05) is 16.5 Å². The molecule has 0 atom stereocenters. The highest BCUT2D eigenvalue weighted by Gasteiger charge is 2.47. The molecule has 0 amide bonds. The molecule has 0 heterocycles. The lowest BCUT2D eigenvalue weighted by molar-refractivity contribution is 0.768. The Hall–Kier alpha value is -8.00. The van der Waals surface area contributed by atoms with Crippen LogP contribution in [0.4, 0.5) is 17.1 Å². The van der Waals surface area contributed by atoms with E-state index in [0.717, 1.165) is 28.2 Å². The Bertz CT molecular complexity index is 3430. The molecule has 0 aliphatic heterocycles. The molecular formula is C61H41N. The van der Waals surface area contributed by atoms with Crippen LogP contribution < -0.4 is 4.90 Å². The zero-order valence-corrected chi connectivity index (χ0v) is 34.1. The monoisotopic (exact) mass is 787 g/mol. The van der Waals surface area contributed by atoms with Gasteiger partial charge in [-0.2, -0.15) is 0 Å². The van der Waals surface area contributed by atoms with Crippen LogP contribution in [0.15, 0.2) is 249 Å². The van der Waals surface area contributed by atoms with Gasteiger partial charge in [0.15, 0.2) is 0 Å². The summed E-state index contributed by atoms with van der Waals surface area (Å²) in [6, 6.07) is 92.0. The van der Waals surface area contributed by atoms with Crippen LogP contribution in [0.2, 0.25) is 0 Å². The van der Waals surface area contributed by atoms with Gasteiger partial charge in [0.2, 0.25) is 0 Å². The lowest BCUT2D eigenvalue weighted by atomic mass is 9.68. The van der Waals surface area contributed by atoms with Crippen LogP contribution in [0.1, 0.15) is 22.3 Å². The van der Waals surface area contributed by atoms with E-state index >= 15 is 0 Å². The maximum Gasteiger partial charge on any atom is 0.0714 e. The van der Waals surface area contributed by atoms with Crippen molar-refractivity contribution in [2.45, 2.75) is 5.41 Å². The van der Waals surface area contributed by atoms with Gasteiger partial charge >= 0.3 is 0 Å². The van der Waals surface area contributed by atoms with Crippen LogP contribution in [0.25, 0.3) is 65.7 Å². The van der Waals surface area contributed by atoms with Crippen LogP contribution in [0, 0.1) is 0 Å². The molecule has 0 saturated carbocycles. The summed E-state index contributed by atoms with van der Waals surface area (Å²) in [6.45, 7) is 0. The second kappa shape index (κ2) is 14.6. The third-order valence-electron chi connectivity index (χ3n) is 13.1. The second-order valence-electron chi connectivity index (χ2n) is 16.4. The number of benzene rings is 11. The average Bonchev–Trinajstić information content (AvgIpc) is 3.66. The Balaban J connectivity index is 1.21. The van der Waals surface area contributed by atoms with Gasteiger partial charge in [-0.25, -0.2) is 0 Å². The molecule has 0 bridgehead atoms. The molecule has 0 unspecified atom stereocenters. The Kier molecular flexibility index (Phi) is 8.47. The van der Waals surface area contributed by atoms with E-state index in [0.29, 0.717) is 0 Å². The summed E-state index contributed by atoms with van der Waals surface area (Å²) < 4.78 is 0. The molecule has 1 nitrogen and oxygen atoms in total. The first-order valence-corrected chi connectivity index (χ1v) is 21.5. The minimum atomic E-state index is -0.539. The van der Waals surface area contributed by atoms with E-state index in [4.69, 9.17) is 0 Å². The molecule has 1 heteroatoms. The maximum absolute atomic E-state index is 2.57. The topological polar surface area (TPSA) is 3.24 Å². The van der Waals surface area contributed by atoms with E-state index < -0.39 is 5.41 Å². The number of nitrogens with zero attached hydrogens (tertiary/aromatic N) is 1. The first-order chi connectivity index (χ1) is 30.8. The van der Waals surface area contributed by atoms with Gasteiger partial charge < -0.3 is 4.90 Å². The predicted molar refractivity (Wildman–Crippen MR) is 262 cm³/mol. The summed E-state index contributed by atoms with van der Waals surface area (Å²) in [5, 5.41) is 7.30. The fourth-order valence-corrected chi connectivity index (χ4v) is 10.3. The molecule has 12 rings (SSSR count). The molecule has 1 aliphatic carbocycles. The van der Waals surface area contributed by atoms with Crippen molar-refractivity contribution < 1.29 is 0 Å². The zero-order chi connectivity index (χ0) is 41.0. The summed E-state index contributed by atoms with van der Waals surface area (Å²) in [7, 11) is 0. The molecule has 0 radical (unpaired) electrons. The Labute approximate surface area is 362 Å². The van der Waals surface area contributed by atoms with Gasteiger partial charge in [0.25, 0.3) is 0 Å². The summed E-state index contributed by atoms with van der Waals surface area (Å²) in [6.07, 6.45) is 0. The quantitative estimate of drug-likeness (QED) is 0.155. The lowest BCUT2D eigenvalue weighted by Gasteiger charge is -2.35.